The molecular weight excluding hydrogens is 338 g/mol. The molecule has 2 aromatic carbocycles. The van der Waals surface area contributed by atoms with Crippen LogP contribution in [0.25, 0.3) is 0 Å². The van der Waals surface area contributed by atoms with Gasteiger partial charge in [-0.1, -0.05) is 35.3 Å². The third-order valence-corrected chi connectivity index (χ3v) is 4.98. The number of hydrogen-bond acceptors (Lipinski definition) is 3. The number of benzene rings is 2. The smallest absolute Gasteiger partial charge is 0.185 e. The molecule has 7 heteroatoms. The van der Waals surface area contributed by atoms with Gasteiger partial charge >= 0.3 is 0 Å². The highest BCUT2D eigenvalue weighted by atomic mass is 35.5. The lowest BCUT2D eigenvalue weighted by molar-refractivity contribution is 0.102. The van der Waals surface area contributed by atoms with Crippen LogP contribution in [-0.2, 0) is 9.84 Å². The molecule has 0 saturated heterocycles. The Morgan fingerprint density at radius 2 is 1.71 bits per heavy atom. The Morgan fingerprint density at radius 1 is 1.05 bits per heavy atom. The van der Waals surface area contributed by atoms with E-state index in [2.05, 4.69) is 0 Å². The Kier molecular flexibility index (Phi) is 4.66. The fraction of sp³-hybridized carbons (Fsp3) is 0.0714. The van der Waals surface area contributed by atoms with Crippen molar-refractivity contribution >= 4 is 38.8 Å². The predicted octanol–water partition coefficient (Wildman–Crippen LogP) is 3.79. The topological polar surface area (TPSA) is 51.2 Å². The summed E-state index contributed by atoms with van der Waals surface area (Å²) in [6.07, 6.45) is 0. The molecule has 0 aliphatic rings. The molecule has 2 rings (SSSR count). The first-order chi connectivity index (χ1) is 9.81. The van der Waals surface area contributed by atoms with Crippen molar-refractivity contribution in [1.29, 1.82) is 0 Å². The molecule has 0 unspecified atom stereocenters. The van der Waals surface area contributed by atoms with Crippen molar-refractivity contribution in [2.75, 3.05) is 5.75 Å². The van der Waals surface area contributed by atoms with Gasteiger partial charge in [0.05, 0.1) is 14.9 Å². The van der Waals surface area contributed by atoms with Gasteiger partial charge in [0, 0.05) is 5.56 Å². The predicted molar refractivity (Wildman–Crippen MR) is 79.2 cm³/mol. The van der Waals surface area contributed by atoms with Crippen molar-refractivity contribution in [3.05, 3.63) is 63.9 Å². The average Bonchev–Trinajstić information content (AvgIpc) is 2.41. The summed E-state index contributed by atoms with van der Waals surface area (Å²) in [6.45, 7) is 0. The Labute approximate surface area is 131 Å². The summed E-state index contributed by atoms with van der Waals surface area (Å²) in [5, 5.41) is -0.142. The number of carbonyl (C=O) groups is 1. The fourth-order valence-corrected chi connectivity index (χ4v) is 3.42. The van der Waals surface area contributed by atoms with Crippen LogP contribution in [0.4, 0.5) is 4.39 Å². The average molecular weight is 347 g/mol. The lowest BCUT2D eigenvalue weighted by Gasteiger charge is -2.06. The summed E-state index contributed by atoms with van der Waals surface area (Å²) < 4.78 is 37.3. The highest BCUT2D eigenvalue weighted by Crippen LogP contribution is 2.22. The molecule has 0 aliphatic carbocycles. The van der Waals surface area contributed by atoms with Crippen molar-refractivity contribution in [3.8, 4) is 0 Å². The normalized spacial score (nSPS) is 11.4. The molecule has 0 atom stereocenters. The lowest BCUT2D eigenvalue weighted by atomic mass is 10.1. The van der Waals surface area contributed by atoms with Crippen molar-refractivity contribution in [2.24, 2.45) is 0 Å². The highest BCUT2D eigenvalue weighted by molar-refractivity contribution is 7.92. The Hall–Kier alpha value is -1.43. The van der Waals surface area contributed by atoms with Gasteiger partial charge in [-0.25, -0.2) is 12.8 Å². The second-order valence-electron chi connectivity index (χ2n) is 4.24. The maximum atomic E-state index is 13.1. The zero-order chi connectivity index (χ0) is 15.6. The number of halogens is 3. The first kappa shape index (κ1) is 15.9. The van der Waals surface area contributed by atoms with Gasteiger partial charge in [0.15, 0.2) is 15.6 Å². The van der Waals surface area contributed by atoms with Crippen LogP contribution in [0.15, 0.2) is 47.4 Å². The van der Waals surface area contributed by atoms with Crippen molar-refractivity contribution in [2.45, 2.75) is 4.90 Å². The van der Waals surface area contributed by atoms with E-state index in [1.54, 1.807) is 12.1 Å². The van der Waals surface area contributed by atoms with Gasteiger partial charge in [0.2, 0.25) is 0 Å². The van der Waals surface area contributed by atoms with E-state index >= 15 is 0 Å². The maximum Gasteiger partial charge on any atom is 0.185 e. The summed E-state index contributed by atoms with van der Waals surface area (Å²) in [5.41, 5.74) is 0.121. The van der Waals surface area contributed by atoms with E-state index in [1.807, 2.05) is 0 Å². The zero-order valence-corrected chi connectivity index (χ0v) is 12.8. The van der Waals surface area contributed by atoms with Crippen LogP contribution in [-0.4, -0.2) is 20.0 Å². The molecule has 0 heterocycles. The van der Waals surface area contributed by atoms with E-state index < -0.39 is 27.2 Å². The van der Waals surface area contributed by atoms with Crippen LogP contribution in [0.1, 0.15) is 10.4 Å². The molecular formula is C14H9Cl2FO3S. The van der Waals surface area contributed by atoms with Crippen molar-refractivity contribution < 1.29 is 17.6 Å². The lowest BCUT2D eigenvalue weighted by Crippen LogP contribution is -2.17. The molecule has 110 valence electrons. The van der Waals surface area contributed by atoms with E-state index in [0.717, 1.165) is 18.2 Å². The van der Waals surface area contributed by atoms with Crippen LogP contribution < -0.4 is 0 Å². The molecule has 0 spiro atoms. The largest absolute Gasteiger partial charge is 0.293 e. The number of carbonyl (C=O) groups excluding carboxylic acids is 1. The van der Waals surface area contributed by atoms with Crippen molar-refractivity contribution in [3.63, 3.8) is 0 Å². The molecule has 0 N–H and O–H groups in total. The van der Waals surface area contributed by atoms with Gasteiger partial charge in [0.1, 0.15) is 11.6 Å². The molecule has 0 saturated carbocycles. The molecule has 0 amide bonds. The van der Waals surface area contributed by atoms with Crippen LogP contribution in [0.2, 0.25) is 10.0 Å². The third-order valence-electron chi connectivity index (χ3n) is 2.75. The fourth-order valence-electron chi connectivity index (χ4n) is 1.69. The molecule has 0 bridgehead atoms. The minimum absolute atomic E-state index is 0.121. The Morgan fingerprint density at radius 3 is 2.33 bits per heavy atom. The standard InChI is InChI=1S/C14H9Cl2FO3S/c15-11-4-2-1-3-10(11)14(18)8-21(19,20)9-5-6-13(17)12(16)7-9/h1-7H,8H2. The van der Waals surface area contributed by atoms with E-state index in [-0.39, 0.29) is 20.5 Å². The second-order valence-corrected chi connectivity index (χ2v) is 7.04. The number of ketones is 1. The summed E-state index contributed by atoms with van der Waals surface area (Å²) in [5.74, 6) is -2.13. The Bertz CT molecular complexity index is 804. The van der Waals surface area contributed by atoms with Gasteiger partial charge < -0.3 is 0 Å². The van der Waals surface area contributed by atoms with Crippen LogP contribution in [0.3, 0.4) is 0 Å². The van der Waals surface area contributed by atoms with E-state index in [4.69, 9.17) is 23.2 Å². The number of sulfone groups is 1. The van der Waals surface area contributed by atoms with E-state index in [0.29, 0.717) is 0 Å². The van der Waals surface area contributed by atoms with Gasteiger partial charge in [-0.05, 0) is 30.3 Å². The zero-order valence-electron chi connectivity index (χ0n) is 10.5. The minimum atomic E-state index is -3.92. The summed E-state index contributed by atoms with van der Waals surface area (Å²) >= 11 is 11.4. The van der Waals surface area contributed by atoms with Gasteiger partial charge in [-0.3, -0.25) is 4.79 Å². The SMILES string of the molecule is O=C(CS(=O)(=O)c1ccc(F)c(Cl)c1)c1ccccc1Cl. The monoisotopic (exact) mass is 346 g/mol. The molecule has 3 nitrogen and oxygen atoms in total. The molecule has 21 heavy (non-hydrogen) atoms. The van der Waals surface area contributed by atoms with E-state index in [1.165, 1.54) is 12.1 Å². The summed E-state index contributed by atoms with van der Waals surface area (Å²) in [4.78, 5) is 11.8. The van der Waals surface area contributed by atoms with Crippen LogP contribution >= 0.6 is 23.2 Å². The number of hydrogen-bond donors (Lipinski definition) is 0. The number of Topliss-reactive ketones (excluding diaryl/α,β-unsaturated/α-hetero) is 1. The molecule has 2 aromatic rings. The second kappa shape index (κ2) is 6.13. The molecule has 0 radical (unpaired) electrons. The molecule has 0 aromatic heterocycles. The van der Waals surface area contributed by atoms with Gasteiger partial charge in [0.25, 0.3) is 0 Å². The third kappa shape index (κ3) is 3.61. The molecule has 0 fully saturated rings. The van der Waals surface area contributed by atoms with E-state index in [9.17, 15) is 17.6 Å². The van der Waals surface area contributed by atoms with Crippen LogP contribution in [0.5, 0.6) is 0 Å². The first-order valence-electron chi connectivity index (χ1n) is 5.77. The van der Waals surface area contributed by atoms with Crippen LogP contribution in [0, 0.1) is 5.82 Å². The maximum absolute atomic E-state index is 13.1. The summed E-state index contributed by atoms with van der Waals surface area (Å²) in [7, 11) is -3.92. The first-order valence-corrected chi connectivity index (χ1v) is 8.17. The van der Waals surface area contributed by atoms with Gasteiger partial charge in [-0.2, -0.15) is 0 Å². The van der Waals surface area contributed by atoms with Crippen molar-refractivity contribution in [1.82, 2.24) is 0 Å². The highest BCUT2D eigenvalue weighted by Gasteiger charge is 2.22. The quantitative estimate of drug-likeness (QED) is 0.625. The number of rotatable bonds is 4. The summed E-state index contributed by atoms with van der Waals surface area (Å²) in [6, 6.07) is 9.14. The van der Waals surface area contributed by atoms with Gasteiger partial charge in [-0.15, -0.1) is 0 Å². The minimum Gasteiger partial charge on any atom is -0.293 e. The molecule has 0 aliphatic heterocycles. The Balaban J connectivity index is 2.31.